The van der Waals surface area contributed by atoms with Crippen molar-refractivity contribution in [3.8, 4) is 18.1 Å². The predicted octanol–water partition coefficient (Wildman–Crippen LogP) is 0.967. The molecule has 1 unspecified atom stereocenters. The highest BCUT2D eigenvalue weighted by atomic mass is 32.2. The lowest BCUT2D eigenvalue weighted by atomic mass is 9.96. The van der Waals surface area contributed by atoms with Gasteiger partial charge in [-0.1, -0.05) is 0 Å². The summed E-state index contributed by atoms with van der Waals surface area (Å²) < 4.78 is 28.5. The van der Waals surface area contributed by atoms with E-state index in [9.17, 15) is 13.2 Å². The molecule has 2 heterocycles. The van der Waals surface area contributed by atoms with E-state index in [1.54, 1.807) is 6.07 Å². The van der Waals surface area contributed by atoms with Crippen LogP contribution < -0.4 is 15.2 Å². The number of sulfonamides is 1. The molecule has 1 aromatic rings. The Hall–Kier alpha value is -2.44. The minimum absolute atomic E-state index is 0.00770. The van der Waals surface area contributed by atoms with Crippen molar-refractivity contribution in [2.75, 3.05) is 13.2 Å². The molecule has 8 nitrogen and oxygen atoms in total. The van der Waals surface area contributed by atoms with Crippen LogP contribution in [0.3, 0.4) is 0 Å². The molecule has 1 aromatic carbocycles. The first-order chi connectivity index (χ1) is 12.3. The van der Waals surface area contributed by atoms with E-state index in [1.165, 1.54) is 12.1 Å². The van der Waals surface area contributed by atoms with Crippen LogP contribution in [0, 0.1) is 18.3 Å². The molecule has 1 atom stereocenters. The molecular weight excluding hydrogens is 356 g/mol. The van der Waals surface area contributed by atoms with E-state index in [4.69, 9.17) is 16.3 Å². The monoisotopic (exact) mass is 376 g/mol. The molecule has 0 spiro atoms. The zero-order chi connectivity index (χ0) is 18.8. The number of primary sulfonamides is 1. The number of terminal acetylenes is 1. The Kier molecular flexibility index (Phi) is 4.98. The second kappa shape index (κ2) is 7.05. The van der Waals surface area contributed by atoms with Gasteiger partial charge in [-0.15, -0.1) is 12.3 Å². The molecule has 0 saturated carbocycles. The quantitative estimate of drug-likeness (QED) is 0.688. The third-order valence-electron chi connectivity index (χ3n) is 4.51. The van der Waals surface area contributed by atoms with E-state index in [2.05, 4.69) is 21.5 Å². The molecule has 3 N–H and O–H groups in total. The summed E-state index contributed by atoms with van der Waals surface area (Å²) in [6, 6.07) is 4.42. The number of carbonyl (C=O) groups excluding carboxylic acids is 1. The second-order valence-electron chi connectivity index (χ2n) is 6.45. The second-order valence-corrected chi connectivity index (χ2v) is 8.02. The van der Waals surface area contributed by atoms with Gasteiger partial charge in [-0.05, 0) is 30.2 Å². The molecule has 26 heavy (non-hydrogen) atoms. The molecule has 0 aliphatic carbocycles. The Labute approximate surface area is 152 Å². The lowest BCUT2D eigenvalue weighted by Crippen LogP contribution is -2.38. The number of hydrogen-bond acceptors (Lipinski definition) is 6. The Morgan fingerprint density at radius 3 is 2.85 bits per heavy atom. The number of benzene rings is 1. The fraction of sp³-hybridized carbons (Fsp3) is 0.471. The van der Waals surface area contributed by atoms with Crippen molar-refractivity contribution in [1.82, 2.24) is 5.32 Å². The molecule has 138 valence electrons. The van der Waals surface area contributed by atoms with E-state index in [0.29, 0.717) is 43.5 Å². The molecule has 0 radical (unpaired) electrons. The molecule has 9 heteroatoms. The van der Waals surface area contributed by atoms with Crippen LogP contribution in [0.5, 0.6) is 5.75 Å². The average Bonchev–Trinajstić information content (AvgIpc) is 3.38. The van der Waals surface area contributed by atoms with Gasteiger partial charge in [0.05, 0.1) is 10.8 Å². The highest BCUT2D eigenvalue weighted by molar-refractivity contribution is 7.89. The maximum absolute atomic E-state index is 12.4. The van der Waals surface area contributed by atoms with Crippen molar-refractivity contribution in [3.63, 3.8) is 0 Å². The molecular formula is C17H20N4O4S. The van der Waals surface area contributed by atoms with Gasteiger partial charge >= 0.3 is 0 Å². The van der Waals surface area contributed by atoms with Gasteiger partial charge in [0.1, 0.15) is 12.4 Å². The fourth-order valence-electron chi connectivity index (χ4n) is 2.91. The molecule has 2 aliphatic rings. The van der Waals surface area contributed by atoms with Crippen LogP contribution >= 0.6 is 0 Å². The molecule has 0 saturated heterocycles. The summed E-state index contributed by atoms with van der Waals surface area (Å²) in [5.74, 6) is 2.59. The predicted molar refractivity (Wildman–Crippen MR) is 93.8 cm³/mol. The van der Waals surface area contributed by atoms with Crippen LogP contribution in [0.1, 0.15) is 24.8 Å². The molecule has 0 aromatic heterocycles. The maximum Gasteiger partial charge on any atom is 0.238 e. The van der Waals surface area contributed by atoms with Gasteiger partial charge in [0.25, 0.3) is 0 Å². The Morgan fingerprint density at radius 2 is 2.19 bits per heavy atom. The molecule has 0 bridgehead atoms. The zero-order valence-electron chi connectivity index (χ0n) is 14.1. The van der Waals surface area contributed by atoms with Crippen molar-refractivity contribution >= 4 is 15.9 Å². The summed E-state index contributed by atoms with van der Waals surface area (Å²) in [6.07, 6.45) is 7.54. The van der Waals surface area contributed by atoms with Gasteiger partial charge in [-0.3, -0.25) is 4.79 Å². The summed E-state index contributed by atoms with van der Waals surface area (Å²) in [5.41, 5.74) is 0.222. The Morgan fingerprint density at radius 1 is 1.42 bits per heavy atom. The van der Waals surface area contributed by atoms with E-state index < -0.39 is 21.6 Å². The number of nitrogens with zero attached hydrogens (tertiary/aromatic N) is 2. The topological polar surface area (TPSA) is 123 Å². The normalized spacial score (nSPS) is 19.8. The number of nitrogens with one attached hydrogen (secondary N) is 1. The van der Waals surface area contributed by atoms with Gasteiger partial charge in [0.2, 0.25) is 15.9 Å². The van der Waals surface area contributed by atoms with Crippen LogP contribution in [0.25, 0.3) is 0 Å². The van der Waals surface area contributed by atoms with Gasteiger partial charge in [-0.25, -0.2) is 13.6 Å². The van der Waals surface area contributed by atoms with Crippen LogP contribution in [-0.2, 0) is 21.2 Å². The molecule has 2 aliphatic heterocycles. The third-order valence-corrected chi connectivity index (χ3v) is 5.43. The molecule has 3 rings (SSSR count). The number of hydrogen-bond donors (Lipinski definition) is 2. The lowest BCUT2D eigenvalue weighted by Gasteiger charge is -2.25. The van der Waals surface area contributed by atoms with E-state index in [0.717, 1.165) is 0 Å². The summed E-state index contributed by atoms with van der Waals surface area (Å²) in [7, 11) is -3.80. The average molecular weight is 376 g/mol. The van der Waals surface area contributed by atoms with E-state index in [1.807, 2.05) is 0 Å². The van der Waals surface area contributed by atoms with Crippen molar-refractivity contribution in [1.29, 1.82) is 0 Å². The maximum atomic E-state index is 12.4. The van der Waals surface area contributed by atoms with Crippen molar-refractivity contribution in [2.24, 2.45) is 21.3 Å². The smallest absolute Gasteiger partial charge is 0.238 e. The highest BCUT2D eigenvalue weighted by Gasteiger charge is 2.39. The summed E-state index contributed by atoms with van der Waals surface area (Å²) >= 11 is 0. The first kappa shape index (κ1) is 18.4. The van der Waals surface area contributed by atoms with Crippen molar-refractivity contribution < 1.29 is 17.9 Å². The number of nitrogens with two attached hydrogens (primary N) is 1. The van der Waals surface area contributed by atoms with E-state index >= 15 is 0 Å². The Bertz CT molecular complexity index is 883. The van der Waals surface area contributed by atoms with Gasteiger partial charge in [0, 0.05) is 25.8 Å². The lowest BCUT2D eigenvalue weighted by molar-refractivity contribution is -0.126. The van der Waals surface area contributed by atoms with Gasteiger partial charge < -0.3 is 10.1 Å². The largest absolute Gasteiger partial charge is 0.492 e. The van der Waals surface area contributed by atoms with E-state index in [-0.39, 0.29) is 17.4 Å². The van der Waals surface area contributed by atoms with Crippen molar-refractivity contribution in [3.05, 3.63) is 23.8 Å². The van der Waals surface area contributed by atoms with Crippen LogP contribution in [0.4, 0.5) is 0 Å². The summed E-state index contributed by atoms with van der Waals surface area (Å²) in [4.78, 5) is 12.4. The summed E-state index contributed by atoms with van der Waals surface area (Å²) in [5, 5.41) is 16.1. The SMILES string of the molecule is C#CCCC1(CCNC(=O)C2COc3ccc(S(N)(=O)=O)cc3C2)N=N1. The van der Waals surface area contributed by atoms with Gasteiger partial charge in [-0.2, -0.15) is 10.2 Å². The number of rotatable bonds is 7. The zero-order valence-corrected chi connectivity index (χ0v) is 15.0. The number of ether oxygens (including phenoxy) is 1. The first-order valence-electron chi connectivity index (χ1n) is 8.27. The summed E-state index contributed by atoms with van der Waals surface area (Å²) in [6.45, 7) is 0.682. The van der Waals surface area contributed by atoms with Crippen molar-refractivity contribution in [2.45, 2.75) is 36.2 Å². The van der Waals surface area contributed by atoms with Crippen LogP contribution in [0.2, 0.25) is 0 Å². The van der Waals surface area contributed by atoms with Gasteiger partial charge in [0.15, 0.2) is 5.66 Å². The first-order valence-corrected chi connectivity index (χ1v) is 9.81. The molecule has 1 amide bonds. The Balaban J connectivity index is 1.55. The van der Waals surface area contributed by atoms with Crippen LogP contribution in [0.15, 0.2) is 33.3 Å². The minimum atomic E-state index is -3.80. The standard InChI is InChI=1S/C17H20N4O4S/c1-2-3-6-17(20-21-17)7-8-19-16(22)13-9-12-10-14(26(18,23)24)4-5-15(12)25-11-13/h1,4-5,10,13H,3,6-9,11H2,(H,19,22)(H2,18,23,24). The third kappa shape index (κ3) is 4.20. The number of fused-ring (bicyclic) bond motifs is 1. The van der Waals surface area contributed by atoms with Crippen LogP contribution in [-0.4, -0.2) is 33.1 Å². The fourth-order valence-corrected chi connectivity index (χ4v) is 3.48. The number of carbonyl (C=O) groups is 1. The minimum Gasteiger partial charge on any atom is -0.492 e. The number of amides is 1. The molecule has 0 fully saturated rings. The highest BCUT2D eigenvalue weighted by Crippen LogP contribution is 2.36.